The van der Waals surface area contributed by atoms with E-state index in [9.17, 15) is 4.79 Å². The van der Waals surface area contributed by atoms with Gasteiger partial charge < -0.3 is 16.0 Å². The Hall–Kier alpha value is 0.0300. The van der Waals surface area contributed by atoms with E-state index < -0.39 is 0 Å². The Morgan fingerprint density at radius 1 is 1.37 bits per heavy atom. The first kappa shape index (κ1) is 19.0. The van der Waals surface area contributed by atoms with Crippen molar-refractivity contribution in [3.8, 4) is 0 Å². The lowest BCUT2D eigenvalue weighted by Gasteiger charge is -2.29. The largest absolute Gasteiger partial charge is 0.351 e. The third-order valence-corrected chi connectivity index (χ3v) is 3.98. The number of amides is 1. The molecule has 0 spiro atoms. The number of nitrogens with zero attached hydrogens (tertiary/aromatic N) is 1. The molecule has 0 aliphatic carbocycles. The van der Waals surface area contributed by atoms with Crippen LogP contribution in [0.15, 0.2) is 0 Å². The number of nitrogens with two attached hydrogens (primary N) is 1. The van der Waals surface area contributed by atoms with Crippen LogP contribution in [0.5, 0.6) is 0 Å². The van der Waals surface area contributed by atoms with Gasteiger partial charge in [0, 0.05) is 12.6 Å². The van der Waals surface area contributed by atoms with Crippen LogP contribution in [0.25, 0.3) is 0 Å². The highest BCUT2D eigenvalue weighted by molar-refractivity contribution is 7.98. The van der Waals surface area contributed by atoms with Gasteiger partial charge in [-0.3, -0.25) is 4.79 Å². The van der Waals surface area contributed by atoms with Crippen molar-refractivity contribution < 1.29 is 4.79 Å². The van der Waals surface area contributed by atoms with E-state index in [1.165, 1.54) is 32.4 Å². The van der Waals surface area contributed by atoms with Gasteiger partial charge in [0.05, 0.1) is 6.04 Å². The fraction of sp³-hybridized carbons (Fsp3) is 0.923. The number of hydrogen-bond donors (Lipinski definition) is 2. The number of nitrogens with one attached hydrogen (secondary N) is 1. The van der Waals surface area contributed by atoms with Gasteiger partial charge in [0.2, 0.25) is 5.91 Å². The van der Waals surface area contributed by atoms with Crippen LogP contribution < -0.4 is 11.1 Å². The van der Waals surface area contributed by atoms with Crippen molar-refractivity contribution in [2.45, 2.75) is 44.7 Å². The van der Waals surface area contributed by atoms with Crippen molar-refractivity contribution in [2.24, 2.45) is 5.73 Å². The summed E-state index contributed by atoms with van der Waals surface area (Å²) < 4.78 is 0. The molecule has 1 saturated heterocycles. The smallest absolute Gasteiger partial charge is 0.237 e. The van der Waals surface area contributed by atoms with Crippen LogP contribution in [0, 0.1) is 0 Å². The molecule has 0 aromatic carbocycles. The van der Waals surface area contributed by atoms with E-state index in [4.69, 9.17) is 5.73 Å². The van der Waals surface area contributed by atoms with Gasteiger partial charge >= 0.3 is 0 Å². The van der Waals surface area contributed by atoms with E-state index in [-0.39, 0.29) is 30.4 Å². The summed E-state index contributed by atoms with van der Waals surface area (Å²) in [6.07, 6.45) is 6.70. The Balaban J connectivity index is 0.00000324. The van der Waals surface area contributed by atoms with Gasteiger partial charge in [0.25, 0.3) is 0 Å². The van der Waals surface area contributed by atoms with Gasteiger partial charge in [-0.1, -0.05) is 6.42 Å². The molecule has 2 atom stereocenters. The minimum absolute atomic E-state index is 0. The van der Waals surface area contributed by atoms with Gasteiger partial charge in [-0.05, 0) is 51.3 Å². The average Bonchev–Trinajstić information content (AvgIpc) is 2.36. The summed E-state index contributed by atoms with van der Waals surface area (Å²) >= 11 is 1.73. The Morgan fingerprint density at radius 2 is 2.00 bits per heavy atom. The molecule has 1 aliphatic rings. The second-order valence-corrected chi connectivity index (χ2v) is 6.14. The summed E-state index contributed by atoms with van der Waals surface area (Å²) in [5, 5.41) is 3.02. The molecule has 1 amide bonds. The molecule has 6 heteroatoms. The van der Waals surface area contributed by atoms with Crippen molar-refractivity contribution in [2.75, 3.05) is 31.6 Å². The number of rotatable bonds is 7. The molecule has 1 unspecified atom stereocenters. The van der Waals surface area contributed by atoms with E-state index in [2.05, 4.69) is 17.1 Å². The normalized spacial score (nSPS) is 19.3. The number of piperidine rings is 1. The Labute approximate surface area is 127 Å². The maximum atomic E-state index is 11.8. The van der Waals surface area contributed by atoms with Gasteiger partial charge in [-0.2, -0.15) is 11.8 Å². The zero-order valence-corrected chi connectivity index (χ0v) is 13.7. The minimum Gasteiger partial charge on any atom is -0.351 e. The topological polar surface area (TPSA) is 58.4 Å². The predicted molar refractivity (Wildman–Crippen MR) is 86.1 cm³/mol. The molecule has 19 heavy (non-hydrogen) atoms. The van der Waals surface area contributed by atoms with Crippen LogP contribution in [0.2, 0.25) is 0 Å². The van der Waals surface area contributed by atoms with Crippen LogP contribution in [0.4, 0.5) is 0 Å². The summed E-state index contributed by atoms with van der Waals surface area (Å²) in [5.41, 5.74) is 5.85. The number of carbonyl (C=O) groups is 1. The minimum atomic E-state index is -0.360. The highest BCUT2D eigenvalue weighted by Crippen LogP contribution is 2.08. The van der Waals surface area contributed by atoms with Gasteiger partial charge in [0.15, 0.2) is 0 Å². The number of likely N-dealkylation sites (tertiary alicyclic amines) is 1. The fourth-order valence-electron chi connectivity index (χ4n) is 2.30. The van der Waals surface area contributed by atoms with E-state index in [1.54, 1.807) is 11.8 Å². The number of carbonyl (C=O) groups excluding carboxylic acids is 1. The maximum Gasteiger partial charge on any atom is 0.237 e. The van der Waals surface area contributed by atoms with E-state index in [1.807, 2.05) is 6.26 Å². The summed E-state index contributed by atoms with van der Waals surface area (Å²) in [6, 6.07) is -0.169. The maximum absolute atomic E-state index is 11.8. The third kappa shape index (κ3) is 8.02. The number of thioether (sulfide) groups is 1. The van der Waals surface area contributed by atoms with Gasteiger partial charge in [0.1, 0.15) is 0 Å². The highest BCUT2D eigenvalue weighted by Gasteiger charge is 2.18. The number of halogens is 1. The van der Waals surface area contributed by atoms with Crippen LogP contribution in [-0.4, -0.2) is 54.5 Å². The molecule has 3 N–H and O–H groups in total. The SMILES string of the molecule is CSCC[C@H](N)C(=O)NC(C)CN1CCCCC1.Cl. The Kier molecular flexibility index (Phi) is 10.8. The summed E-state index contributed by atoms with van der Waals surface area (Å²) in [4.78, 5) is 14.3. The van der Waals surface area contributed by atoms with E-state index in [0.29, 0.717) is 0 Å². The van der Waals surface area contributed by atoms with Crippen molar-refractivity contribution in [3.05, 3.63) is 0 Å². The van der Waals surface area contributed by atoms with Crippen molar-refractivity contribution in [1.82, 2.24) is 10.2 Å². The molecule has 114 valence electrons. The first-order valence-electron chi connectivity index (χ1n) is 6.90. The zero-order chi connectivity index (χ0) is 13.4. The van der Waals surface area contributed by atoms with Crippen LogP contribution in [0.1, 0.15) is 32.6 Å². The zero-order valence-electron chi connectivity index (χ0n) is 12.1. The summed E-state index contributed by atoms with van der Waals surface area (Å²) in [7, 11) is 0. The molecule has 1 fully saturated rings. The molecule has 1 aliphatic heterocycles. The molecule has 0 bridgehead atoms. The van der Waals surface area contributed by atoms with Crippen LogP contribution >= 0.6 is 24.2 Å². The summed E-state index contributed by atoms with van der Waals surface area (Å²) in [6.45, 7) is 5.34. The lowest BCUT2D eigenvalue weighted by atomic mass is 10.1. The third-order valence-electron chi connectivity index (χ3n) is 3.34. The molecule has 1 rings (SSSR count). The Bertz CT molecular complexity index is 250. The second kappa shape index (κ2) is 10.8. The standard InChI is InChI=1S/C13H27N3OS.ClH/c1-11(10-16-7-4-3-5-8-16)15-13(17)12(14)6-9-18-2;/h11-12H,3-10,14H2,1-2H3,(H,15,17);1H/t11?,12-;/m0./s1. The first-order valence-corrected chi connectivity index (χ1v) is 8.30. The highest BCUT2D eigenvalue weighted by atomic mass is 35.5. The average molecular weight is 310 g/mol. The molecule has 4 nitrogen and oxygen atoms in total. The van der Waals surface area contributed by atoms with Crippen LogP contribution in [-0.2, 0) is 4.79 Å². The monoisotopic (exact) mass is 309 g/mol. The van der Waals surface area contributed by atoms with Gasteiger partial charge in [-0.15, -0.1) is 12.4 Å². The number of hydrogen-bond acceptors (Lipinski definition) is 4. The van der Waals surface area contributed by atoms with E-state index >= 15 is 0 Å². The van der Waals surface area contributed by atoms with Crippen LogP contribution in [0.3, 0.4) is 0 Å². The molecular formula is C13H28ClN3OS. The predicted octanol–water partition coefficient (Wildman–Crippen LogP) is 1.48. The first-order chi connectivity index (χ1) is 8.63. The van der Waals surface area contributed by atoms with Gasteiger partial charge in [-0.25, -0.2) is 0 Å². The lowest BCUT2D eigenvalue weighted by molar-refractivity contribution is -0.123. The summed E-state index contributed by atoms with van der Waals surface area (Å²) in [5.74, 6) is 0.934. The quantitative estimate of drug-likeness (QED) is 0.748. The fourth-order valence-corrected chi connectivity index (χ4v) is 2.79. The van der Waals surface area contributed by atoms with E-state index in [0.717, 1.165) is 18.7 Å². The van der Waals surface area contributed by atoms with Crippen molar-refractivity contribution in [3.63, 3.8) is 0 Å². The van der Waals surface area contributed by atoms with Crippen molar-refractivity contribution >= 4 is 30.1 Å². The second-order valence-electron chi connectivity index (χ2n) is 5.16. The molecule has 0 saturated carbocycles. The van der Waals surface area contributed by atoms with Crippen molar-refractivity contribution in [1.29, 1.82) is 0 Å². The molecule has 1 heterocycles. The molecule has 0 aromatic heterocycles. The molecule has 0 radical (unpaired) electrons. The molecular weight excluding hydrogens is 282 g/mol. The lowest BCUT2D eigenvalue weighted by Crippen LogP contribution is -2.49. The molecule has 0 aromatic rings. The Morgan fingerprint density at radius 3 is 2.58 bits per heavy atom.